The minimum absolute atomic E-state index is 0.597. The van der Waals surface area contributed by atoms with Crippen molar-refractivity contribution >= 4 is 0 Å². The molecule has 0 saturated carbocycles. The summed E-state index contributed by atoms with van der Waals surface area (Å²) in [4.78, 5) is 0. The number of rotatable bonds is 10. The maximum atomic E-state index is 5.62. The molecule has 0 saturated heterocycles. The third-order valence-corrected chi connectivity index (χ3v) is 2.78. The smallest absolute Gasteiger partial charge is 0.133 e. The highest BCUT2D eigenvalue weighted by atomic mass is 16.5. The van der Waals surface area contributed by atoms with E-state index in [0.29, 0.717) is 6.61 Å². The molecule has 1 aromatic rings. The summed E-state index contributed by atoms with van der Waals surface area (Å²) in [5, 5.41) is 3.29. The zero-order valence-corrected chi connectivity index (χ0v) is 11.1. The number of hydrogen-bond donors (Lipinski definition) is 1. The Kier molecular flexibility index (Phi) is 7.76. The lowest BCUT2D eigenvalue weighted by atomic mass is 10.2. The van der Waals surface area contributed by atoms with E-state index in [-0.39, 0.29) is 0 Å². The molecule has 3 heteroatoms. The molecule has 0 aliphatic carbocycles. The molecule has 1 N–H and O–H groups in total. The normalized spacial score (nSPS) is 10.9. The summed E-state index contributed by atoms with van der Waals surface area (Å²) >= 11 is 0. The van der Waals surface area contributed by atoms with Gasteiger partial charge in [-0.1, -0.05) is 33.1 Å². The molecule has 0 aromatic carbocycles. The van der Waals surface area contributed by atoms with E-state index in [4.69, 9.17) is 9.15 Å². The molecule has 1 heterocycles. The van der Waals surface area contributed by atoms with Crippen LogP contribution in [0.1, 0.15) is 50.9 Å². The van der Waals surface area contributed by atoms with E-state index in [9.17, 15) is 0 Å². The van der Waals surface area contributed by atoms with Gasteiger partial charge in [-0.3, -0.25) is 0 Å². The lowest BCUT2D eigenvalue weighted by Gasteiger charge is -2.05. The molecular weight excluding hydrogens is 214 g/mol. The van der Waals surface area contributed by atoms with Crippen LogP contribution in [-0.2, 0) is 17.9 Å². The minimum Gasteiger partial charge on any atom is -0.467 e. The van der Waals surface area contributed by atoms with Gasteiger partial charge in [-0.25, -0.2) is 0 Å². The highest BCUT2D eigenvalue weighted by Crippen LogP contribution is 2.12. The van der Waals surface area contributed by atoms with Crippen molar-refractivity contribution in [1.29, 1.82) is 0 Å². The Labute approximate surface area is 105 Å². The van der Waals surface area contributed by atoms with Gasteiger partial charge in [-0.15, -0.1) is 0 Å². The Morgan fingerprint density at radius 1 is 1.24 bits per heavy atom. The van der Waals surface area contributed by atoms with Gasteiger partial charge in [0.2, 0.25) is 0 Å². The first-order valence-corrected chi connectivity index (χ1v) is 6.72. The van der Waals surface area contributed by atoms with Crippen molar-refractivity contribution < 1.29 is 9.15 Å². The van der Waals surface area contributed by atoms with Gasteiger partial charge in [-0.05, 0) is 19.0 Å². The number of nitrogens with one attached hydrogen (secondary N) is 1. The van der Waals surface area contributed by atoms with Crippen LogP contribution in [0.4, 0.5) is 0 Å². The monoisotopic (exact) mass is 239 g/mol. The fourth-order valence-electron chi connectivity index (χ4n) is 1.71. The average molecular weight is 239 g/mol. The van der Waals surface area contributed by atoms with Gasteiger partial charge < -0.3 is 14.5 Å². The summed E-state index contributed by atoms with van der Waals surface area (Å²) in [5.74, 6) is 0.960. The van der Waals surface area contributed by atoms with E-state index in [2.05, 4.69) is 19.2 Å². The van der Waals surface area contributed by atoms with E-state index in [1.165, 1.54) is 24.8 Å². The maximum Gasteiger partial charge on any atom is 0.133 e. The van der Waals surface area contributed by atoms with Gasteiger partial charge in [-0.2, -0.15) is 0 Å². The lowest BCUT2D eigenvalue weighted by Crippen LogP contribution is -2.12. The third kappa shape index (κ3) is 5.89. The molecule has 0 atom stereocenters. The van der Waals surface area contributed by atoms with Crippen molar-refractivity contribution in [2.75, 3.05) is 13.2 Å². The molecule has 0 radical (unpaired) electrons. The second-order valence-corrected chi connectivity index (χ2v) is 4.26. The van der Waals surface area contributed by atoms with Crippen LogP contribution in [-0.4, -0.2) is 13.2 Å². The fourth-order valence-corrected chi connectivity index (χ4v) is 1.71. The van der Waals surface area contributed by atoms with Crippen LogP contribution in [0.15, 0.2) is 16.7 Å². The first-order chi connectivity index (χ1) is 8.38. The van der Waals surface area contributed by atoms with Gasteiger partial charge in [0.1, 0.15) is 12.4 Å². The first kappa shape index (κ1) is 14.3. The van der Waals surface area contributed by atoms with Crippen LogP contribution >= 0.6 is 0 Å². The lowest BCUT2D eigenvalue weighted by molar-refractivity contribution is 0.102. The molecule has 3 nitrogen and oxygen atoms in total. The van der Waals surface area contributed by atoms with Crippen LogP contribution < -0.4 is 5.32 Å². The van der Waals surface area contributed by atoms with Crippen molar-refractivity contribution in [3.8, 4) is 0 Å². The van der Waals surface area contributed by atoms with Crippen LogP contribution in [0.3, 0.4) is 0 Å². The van der Waals surface area contributed by atoms with Crippen LogP contribution in [0, 0.1) is 0 Å². The maximum absolute atomic E-state index is 5.62. The van der Waals surface area contributed by atoms with Gasteiger partial charge in [0.25, 0.3) is 0 Å². The van der Waals surface area contributed by atoms with Crippen molar-refractivity contribution in [3.05, 3.63) is 23.7 Å². The van der Waals surface area contributed by atoms with Crippen LogP contribution in [0.5, 0.6) is 0 Å². The number of ether oxygens (including phenoxy) is 1. The average Bonchev–Trinajstić information content (AvgIpc) is 2.78. The Hall–Kier alpha value is -0.800. The van der Waals surface area contributed by atoms with Crippen molar-refractivity contribution in [1.82, 2.24) is 5.32 Å². The number of furan rings is 1. The molecule has 1 rings (SSSR count). The number of unbranched alkanes of at least 4 members (excludes halogenated alkanes) is 3. The summed E-state index contributed by atoms with van der Waals surface area (Å²) in [5.41, 5.74) is 1.21. The van der Waals surface area contributed by atoms with Gasteiger partial charge in [0.05, 0.1) is 6.26 Å². The van der Waals surface area contributed by atoms with E-state index in [0.717, 1.165) is 31.9 Å². The Morgan fingerprint density at radius 3 is 2.88 bits per heavy atom. The van der Waals surface area contributed by atoms with E-state index >= 15 is 0 Å². The predicted molar refractivity (Wildman–Crippen MR) is 69.9 cm³/mol. The highest BCUT2D eigenvalue weighted by molar-refractivity contribution is 5.15. The SMILES string of the molecule is CCCCCCOCc1occc1CNCC. The van der Waals surface area contributed by atoms with Crippen molar-refractivity contribution in [3.63, 3.8) is 0 Å². The Morgan fingerprint density at radius 2 is 2.12 bits per heavy atom. The second kappa shape index (κ2) is 9.25. The summed E-state index contributed by atoms with van der Waals surface area (Å²) in [6.07, 6.45) is 6.72. The molecule has 0 fully saturated rings. The molecule has 0 aliphatic heterocycles. The Balaban J connectivity index is 2.15. The summed E-state index contributed by atoms with van der Waals surface area (Å²) < 4.78 is 11.0. The van der Waals surface area contributed by atoms with Gasteiger partial charge in [0.15, 0.2) is 0 Å². The third-order valence-electron chi connectivity index (χ3n) is 2.78. The molecule has 1 aromatic heterocycles. The molecule has 0 unspecified atom stereocenters. The molecule has 0 bridgehead atoms. The van der Waals surface area contributed by atoms with Crippen molar-refractivity contribution in [2.45, 2.75) is 52.7 Å². The van der Waals surface area contributed by atoms with Crippen molar-refractivity contribution in [2.24, 2.45) is 0 Å². The molecule has 0 spiro atoms. The van der Waals surface area contributed by atoms with E-state index in [1.54, 1.807) is 6.26 Å². The largest absolute Gasteiger partial charge is 0.467 e. The van der Waals surface area contributed by atoms with Crippen LogP contribution in [0.2, 0.25) is 0 Å². The molecule has 17 heavy (non-hydrogen) atoms. The van der Waals surface area contributed by atoms with E-state index < -0.39 is 0 Å². The molecule has 0 aliphatic rings. The predicted octanol–water partition coefficient (Wildman–Crippen LogP) is 3.49. The zero-order valence-electron chi connectivity index (χ0n) is 11.1. The summed E-state index contributed by atoms with van der Waals surface area (Å²) in [6, 6.07) is 2.01. The van der Waals surface area contributed by atoms with Gasteiger partial charge in [0, 0.05) is 18.7 Å². The fraction of sp³-hybridized carbons (Fsp3) is 0.714. The molecule has 0 amide bonds. The summed E-state index contributed by atoms with van der Waals surface area (Å²) in [6.45, 7) is 7.59. The minimum atomic E-state index is 0.597. The van der Waals surface area contributed by atoms with E-state index in [1.807, 2.05) is 6.07 Å². The zero-order chi connectivity index (χ0) is 12.3. The number of hydrogen-bond acceptors (Lipinski definition) is 3. The first-order valence-electron chi connectivity index (χ1n) is 6.72. The van der Waals surface area contributed by atoms with Crippen LogP contribution in [0.25, 0.3) is 0 Å². The standard InChI is InChI=1S/C14H25NO2/c1-3-5-6-7-9-16-12-14-13(8-10-17-14)11-15-4-2/h8,10,15H,3-7,9,11-12H2,1-2H3. The topological polar surface area (TPSA) is 34.4 Å². The van der Waals surface area contributed by atoms with Gasteiger partial charge >= 0.3 is 0 Å². The Bertz CT molecular complexity index is 284. The second-order valence-electron chi connectivity index (χ2n) is 4.26. The molecule has 98 valence electrons. The highest BCUT2D eigenvalue weighted by Gasteiger charge is 2.05. The summed E-state index contributed by atoms with van der Waals surface area (Å²) in [7, 11) is 0. The quantitative estimate of drug-likeness (QED) is 0.635. The molecular formula is C14H25NO2.